The molecule has 1 aromatic carbocycles. The molecule has 0 aromatic heterocycles. The highest BCUT2D eigenvalue weighted by molar-refractivity contribution is 9.10. The summed E-state index contributed by atoms with van der Waals surface area (Å²) in [6, 6.07) is 7.46. The molecule has 1 aromatic rings. The third kappa shape index (κ3) is 2.11. The number of rotatable bonds is 3. The van der Waals surface area contributed by atoms with Gasteiger partial charge in [0.1, 0.15) is 5.41 Å². The highest BCUT2D eigenvalue weighted by atomic mass is 79.9. The summed E-state index contributed by atoms with van der Waals surface area (Å²) < 4.78 is 5.99. The molecule has 0 bridgehead atoms. The van der Waals surface area contributed by atoms with Gasteiger partial charge in [-0.25, -0.2) is 0 Å². The van der Waals surface area contributed by atoms with Crippen LogP contribution in [0.15, 0.2) is 28.7 Å². The van der Waals surface area contributed by atoms with E-state index in [0.717, 1.165) is 10.2 Å². The molecular weight excluding hydrogens is 272 g/mol. The highest BCUT2D eigenvalue weighted by Gasteiger charge is 2.44. The molecule has 0 saturated carbocycles. The van der Waals surface area contributed by atoms with E-state index in [0.29, 0.717) is 19.8 Å². The SMILES string of the molecule is NCC1(C(=O)Nc2cccc(Br)c2)COC1. The van der Waals surface area contributed by atoms with Gasteiger partial charge in [-0.05, 0) is 18.2 Å². The fourth-order valence-electron chi connectivity index (χ4n) is 1.52. The number of carbonyl (C=O) groups excluding carboxylic acids is 1. The van der Waals surface area contributed by atoms with Crippen molar-refractivity contribution in [3.8, 4) is 0 Å². The Bertz CT molecular complexity index is 399. The zero-order valence-electron chi connectivity index (χ0n) is 8.70. The monoisotopic (exact) mass is 284 g/mol. The Morgan fingerprint density at radius 3 is 2.81 bits per heavy atom. The minimum Gasteiger partial charge on any atom is -0.379 e. The van der Waals surface area contributed by atoms with Crippen LogP contribution < -0.4 is 11.1 Å². The zero-order chi connectivity index (χ0) is 11.6. The van der Waals surface area contributed by atoms with Crippen LogP contribution in [-0.2, 0) is 9.53 Å². The van der Waals surface area contributed by atoms with E-state index in [1.807, 2.05) is 24.3 Å². The van der Waals surface area contributed by atoms with E-state index in [2.05, 4.69) is 21.2 Å². The van der Waals surface area contributed by atoms with Gasteiger partial charge in [0.05, 0.1) is 13.2 Å². The maximum atomic E-state index is 12.0. The van der Waals surface area contributed by atoms with Gasteiger partial charge in [0.2, 0.25) is 5.91 Å². The first kappa shape index (κ1) is 11.6. The lowest BCUT2D eigenvalue weighted by Crippen LogP contribution is -2.56. The van der Waals surface area contributed by atoms with E-state index >= 15 is 0 Å². The minimum absolute atomic E-state index is 0.0700. The molecule has 4 nitrogen and oxygen atoms in total. The summed E-state index contributed by atoms with van der Waals surface area (Å²) in [7, 11) is 0. The first-order chi connectivity index (χ1) is 7.66. The van der Waals surface area contributed by atoms with E-state index in [1.54, 1.807) is 0 Å². The van der Waals surface area contributed by atoms with Gasteiger partial charge in [0.25, 0.3) is 0 Å². The van der Waals surface area contributed by atoms with Gasteiger partial charge in [-0.15, -0.1) is 0 Å². The normalized spacial score (nSPS) is 17.6. The molecule has 0 aliphatic carbocycles. The largest absolute Gasteiger partial charge is 0.379 e. The van der Waals surface area contributed by atoms with Crippen molar-refractivity contribution < 1.29 is 9.53 Å². The Labute approximate surface area is 102 Å². The maximum absolute atomic E-state index is 12.0. The van der Waals surface area contributed by atoms with Crippen LogP contribution in [-0.4, -0.2) is 25.7 Å². The molecule has 1 fully saturated rings. The predicted molar refractivity (Wildman–Crippen MR) is 65.1 cm³/mol. The van der Waals surface area contributed by atoms with Gasteiger partial charge >= 0.3 is 0 Å². The molecule has 1 amide bonds. The first-order valence-corrected chi connectivity index (χ1v) is 5.80. The lowest BCUT2D eigenvalue weighted by Gasteiger charge is -2.38. The van der Waals surface area contributed by atoms with Crippen LogP contribution in [0.1, 0.15) is 0 Å². The number of ether oxygens (including phenoxy) is 1. The van der Waals surface area contributed by atoms with Crippen molar-refractivity contribution in [3.05, 3.63) is 28.7 Å². The Balaban J connectivity index is 2.07. The van der Waals surface area contributed by atoms with Gasteiger partial charge in [-0.2, -0.15) is 0 Å². The lowest BCUT2D eigenvalue weighted by molar-refractivity contribution is -0.153. The highest BCUT2D eigenvalue weighted by Crippen LogP contribution is 2.28. The molecule has 0 radical (unpaired) electrons. The number of nitrogens with one attached hydrogen (secondary N) is 1. The Morgan fingerprint density at radius 1 is 1.56 bits per heavy atom. The molecule has 1 saturated heterocycles. The number of amides is 1. The van der Waals surface area contributed by atoms with E-state index < -0.39 is 5.41 Å². The van der Waals surface area contributed by atoms with Crippen LogP contribution in [0.3, 0.4) is 0 Å². The third-order valence-corrected chi connectivity index (χ3v) is 3.20. The van der Waals surface area contributed by atoms with Crippen molar-refractivity contribution >= 4 is 27.5 Å². The van der Waals surface area contributed by atoms with Gasteiger partial charge < -0.3 is 15.8 Å². The van der Waals surface area contributed by atoms with Gasteiger partial charge in [0.15, 0.2) is 0 Å². The number of hydrogen-bond donors (Lipinski definition) is 2. The quantitative estimate of drug-likeness (QED) is 0.881. The number of carbonyl (C=O) groups is 1. The van der Waals surface area contributed by atoms with Gasteiger partial charge in [0, 0.05) is 16.7 Å². The van der Waals surface area contributed by atoms with E-state index in [-0.39, 0.29) is 5.91 Å². The topological polar surface area (TPSA) is 64.4 Å². The Morgan fingerprint density at radius 2 is 2.31 bits per heavy atom. The van der Waals surface area contributed by atoms with Gasteiger partial charge in [-0.1, -0.05) is 22.0 Å². The lowest BCUT2D eigenvalue weighted by atomic mass is 9.85. The summed E-state index contributed by atoms with van der Waals surface area (Å²) in [6.07, 6.45) is 0. The molecule has 0 spiro atoms. The van der Waals surface area contributed by atoms with Crippen molar-refractivity contribution in [2.45, 2.75) is 0 Å². The molecule has 16 heavy (non-hydrogen) atoms. The summed E-state index contributed by atoms with van der Waals surface area (Å²) in [5.41, 5.74) is 5.83. The van der Waals surface area contributed by atoms with Crippen LogP contribution in [0.25, 0.3) is 0 Å². The second kappa shape index (κ2) is 4.53. The fraction of sp³-hybridized carbons (Fsp3) is 0.364. The average Bonchev–Trinajstić information content (AvgIpc) is 2.16. The van der Waals surface area contributed by atoms with Crippen LogP contribution >= 0.6 is 15.9 Å². The fourth-order valence-corrected chi connectivity index (χ4v) is 1.92. The average molecular weight is 285 g/mol. The molecule has 3 N–H and O–H groups in total. The van der Waals surface area contributed by atoms with Crippen molar-refractivity contribution in [2.24, 2.45) is 11.1 Å². The molecular formula is C11H13BrN2O2. The predicted octanol–water partition coefficient (Wildman–Crippen LogP) is 1.36. The van der Waals surface area contributed by atoms with Gasteiger partial charge in [-0.3, -0.25) is 4.79 Å². The molecule has 1 aliphatic rings. The maximum Gasteiger partial charge on any atom is 0.236 e. The molecule has 1 heterocycles. The number of nitrogens with two attached hydrogens (primary N) is 1. The summed E-state index contributed by atoms with van der Waals surface area (Å²) in [5, 5.41) is 2.85. The van der Waals surface area contributed by atoms with E-state index in [9.17, 15) is 4.79 Å². The minimum atomic E-state index is -0.539. The third-order valence-electron chi connectivity index (χ3n) is 2.71. The van der Waals surface area contributed by atoms with E-state index in [1.165, 1.54) is 0 Å². The molecule has 2 rings (SSSR count). The number of hydrogen-bond acceptors (Lipinski definition) is 3. The smallest absolute Gasteiger partial charge is 0.236 e. The summed E-state index contributed by atoms with van der Waals surface area (Å²) in [6.45, 7) is 1.12. The second-order valence-electron chi connectivity index (χ2n) is 3.94. The second-order valence-corrected chi connectivity index (χ2v) is 4.86. The van der Waals surface area contributed by atoms with Crippen molar-refractivity contribution in [2.75, 3.05) is 25.1 Å². The van der Waals surface area contributed by atoms with E-state index in [4.69, 9.17) is 10.5 Å². The molecule has 5 heteroatoms. The first-order valence-electron chi connectivity index (χ1n) is 5.01. The zero-order valence-corrected chi connectivity index (χ0v) is 10.3. The number of anilines is 1. The number of halogens is 1. The molecule has 86 valence electrons. The van der Waals surface area contributed by atoms with Crippen molar-refractivity contribution in [1.82, 2.24) is 0 Å². The van der Waals surface area contributed by atoms with Crippen LogP contribution in [0.4, 0.5) is 5.69 Å². The summed E-state index contributed by atoms with van der Waals surface area (Å²) >= 11 is 3.35. The summed E-state index contributed by atoms with van der Waals surface area (Å²) in [5.74, 6) is -0.0700. The molecule has 1 aliphatic heterocycles. The molecule has 0 atom stereocenters. The number of benzene rings is 1. The van der Waals surface area contributed by atoms with Crippen LogP contribution in [0.5, 0.6) is 0 Å². The van der Waals surface area contributed by atoms with Crippen LogP contribution in [0, 0.1) is 5.41 Å². The van der Waals surface area contributed by atoms with Crippen molar-refractivity contribution in [3.63, 3.8) is 0 Å². The van der Waals surface area contributed by atoms with Crippen LogP contribution in [0.2, 0.25) is 0 Å². The summed E-state index contributed by atoms with van der Waals surface area (Å²) in [4.78, 5) is 12.0. The Kier molecular flexibility index (Phi) is 3.28. The molecule has 0 unspecified atom stereocenters. The standard InChI is InChI=1S/C11H13BrN2O2/c12-8-2-1-3-9(4-8)14-10(15)11(5-13)6-16-7-11/h1-4H,5-7,13H2,(H,14,15). The van der Waals surface area contributed by atoms with Crippen molar-refractivity contribution in [1.29, 1.82) is 0 Å². The Hall–Kier alpha value is -0.910.